The molecular formula is C20H18N2O. The topological polar surface area (TPSA) is 41.1 Å². The zero-order valence-electron chi connectivity index (χ0n) is 13.0. The highest BCUT2D eigenvalue weighted by atomic mass is 16.1. The zero-order valence-corrected chi connectivity index (χ0v) is 13.0. The summed E-state index contributed by atoms with van der Waals surface area (Å²) in [7, 11) is 1.77. The van der Waals surface area contributed by atoms with Crippen molar-refractivity contribution in [3.05, 3.63) is 60.2 Å². The Bertz CT molecular complexity index is 991. The van der Waals surface area contributed by atoms with Crippen molar-refractivity contribution in [3.8, 4) is 0 Å². The van der Waals surface area contributed by atoms with Crippen LogP contribution >= 0.6 is 0 Å². The van der Waals surface area contributed by atoms with Gasteiger partial charge in [-0.25, -0.2) is 0 Å². The second-order valence-electron chi connectivity index (χ2n) is 5.89. The summed E-state index contributed by atoms with van der Waals surface area (Å²) >= 11 is 0. The van der Waals surface area contributed by atoms with Crippen molar-refractivity contribution in [2.75, 3.05) is 13.6 Å². The number of hydrogen-bond donors (Lipinski definition) is 2. The summed E-state index contributed by atoms with van der Waals surface area (Å²) in [5.41, 5.74) is 1.15. The maximum atomic E-state index is 11.7. The van der Waals surface area contributed by atoms with E-state index < -0.39 is 0 Å². The largest absolute Gasteiger partial charge is 0.351 e. The van der Waals surface area contributed by atoms with Gasteiger partial charge in [0.1, 0.15) is 0 Å². The van der Waals surface area contributed by atoms with Gasteiger partial charge in [-0.15, -0.1) is 0 Å². The average molecular weight is 302 g/mol. The van der Waals surface area contributed by atoms with Crippen LogP contribution in [0, 0.1) is 0 Å². The van der Waals surface area contributed by atoms with Gasteiger partial charge in [0, 0.05) is 6.54 Å². The van der Waals surface area contributed by atoms with Crippen LogP contribution in [0.15, 0.2) is 54.6 Å². The van der Waals surface area contributed by atoms with Gasteiger partial charge in [0.25, 0.3) is 0 Å². The number of carbonyl (C=O) groups excluding carboxylic acids is 1. The zero-order chi connectivity index (χ0) is 15.8. The van der Waals surface area contributed by atoms with Gasteiger partial charge in [-0.2, -0.15) is 0 Å². The van der Waals surface area contributed by atoms with Crippen molar-refractivity contribution in [2.24, 2.45) is 0 Å². The minimum atomic E-state index is 0.0122. The lowest BCUT2D eigenvalue weighted by Gasteiger charge is -2.14. The van der Waals surface area contributed by atoms with Crippen LogP contribution in [-0.4, -0.2) is 19.5 Å². The molecule has 3 heteroatoms. The van der Waals surface area contributed by atoms with E-state index in [1.54, 1.807) is 7.05 Å². The van der Waals surface area contributed by atoms with Crippen molar-refractivity contribution in [1.82, 2.24) is 10.6 Å². The Morgan fingerprint density at radius 3 is 2.26 bits per heavy atom. The Labute approximate surface area is 134 Å². The van der Waals surface area contributed by atoms with Gasteiger partial charge in [0.2, 0.25) is 5.91 Å². The summed E-state index contributed by atoms with van der Waals surface area (Å²) in [5, 5.41) is 13.4. The van der Waals surface area contributed by atoms with Crippen LogP contribution in [0.3, 0.4) is 0 Å². The first-order valence-corrected chi connectivity index (χ1v) is 7.84. The molecule has 0 spiro atoms. The molecule has 0 bridgehead atoms. The second kappa shape index (κ2) is 5.52. The number of amides is 1. The molecule has 3 nitrogen and oxygen atoms in total. The number of carbonyl (C=O) groups is 1. The molecule has 0 aliphatic rings. The van der Waals surface area contributed by atoms with Gasteiger partial charge >= 0.3 is 0 Å². The van der Waals surface area contributed by atoms with Crippen LogP contribution in [0.5, 0.6) is 0 Å². The van der Waals surface area contributed by atoms with Gasteiger partial charge in [-0.05, 0) is 44.9 Å². The van der Waals surface area contributed by atoms with Crippen molar-refractivity contribution < 1.29 is 4.79 Å². The maximum absolute atomic E-state index is 11.7. The first kappa shape index (κ1) is 14.0. The minimum Gasteiger partial charge on any atom is -0.351 e. The van der Waals surface area contributed by atoms with Crippen molar-refractivity contribution in [3.63, 3.8) is 0 Å². The number of likely N-dealkylation sites (N-methyl/N-ethyl adjacent to an activating group) is 1. The molecule has 0 aliphatic carbocycles. The van der Waals surface area contributed by atoms with Gasteiger partial charge in [0.05, 0.1) is 6.54 Å². The predicted molar refractivity (Wildman–Crippen MR) is 95.9 cm³/mol. The highest BCUT2D eigenvalue weighted by Gasteiger charge is 2.11. The second-order valence-corrected chi connectivity index (χ2v) is 5.89. The third-order valence-corrected chi connectivity index (χ3v) is 4.43. The van der Waals surface area contributed by atoms with Crippen LogP contribution in [0.25, 0.3) is 32.3 Å². The fraction of sp³-hybridized carbons (Fsp3) is 0.150. The average Bonchev–Trinajstić information content (AvgIpc) is 2.58. The summed E-state index contributed by atoms with van der Waals surface area (Å²) in [6.45, 7) is 0.889. The molecule has 0 saturated carbocycles. The minimum absolute atomic E-state index is 0.0122. The molecule has 23 heavy (non-hydrogen) atoms. The molecule has 0 atom stereocenters. The summed E-state index contributed by atoms with van der Waals surface area (Å²) in [6, 6.07) is 19.4. The molecule has 0 unspecified atom stereocenters. The Balaban J connectivity index is 1.88. The molecule has 4 aromatic rings. The molecule has 0 radical (unpaired) electrons. The molecule has 4 aromatic carbocycles. The SMILES string of the molecule is CNCC(=O)NCc1ccc2ccc3cccc4ccc1c2c34. The van der Waals surface area contributed by atoms with E-state index in [9.17, 15) is 4.79 Å². The molecule has 0 saturated heterocycles. The summed E-state index contributed by atoms with van der Waals surface area (Å²) in [4.78, 5) is 11.7. The lowest BCUT2D eigenvalue weighted by Crippen LogP contribution is -2.31. The van der Waals surface area contributed by atoms with Crippen molar-refractivity contribution in [2.45, 2.75) is 6.54 Å². The van der Waals surface area contributed by atoms with Crippen LogP contribution < -0.4 is 10.6 Å². The third-order valence-electron chi connectivity index (χ3n) is 4.43. The summed E-state index contributed by atoms with van der Waals surface area (Å²) < 4.78 is 0. The van der Waals surface area contributed by atoms with E-state index in [0.29, 0.717) is 13.1 Å². The summed E-state index contributed by atoms with van der Waals surface area (Å²) in [6.07, 6.45) is 0. The lowest BCUT2D eigenvalue weighted by molar-refractivity contribution is -0.120. The molecule has 4 rings (SSSR count). The molecule has 0 heterocycles. The van der Waals surface area contributed by atoms with E-state index in [4.69, 9.17) is 0 Å². The number of nitrogens with one attached hydrogen (secondary N) is 2. The van der Waals surface area contributed by atoms with E-state index in [1.807, 2.05) is 0 Å². The monoisotopic (exact) mass is 302 g/mol. The highest BCUT2D eigenvalue weighted by Crippen LogP contribution is 2.35. The molecule has 1 amide bonds. The smallest absolute Gasteiger partial charge is 0.234 e. The number of benzene rings is 4. The third kappa shape index (κ3) is 2.30. The first-order chi connectivity index (χ1) is 11.3. The Kier molecular flexibility index (Phi) is 3.36. The van der Waals surface area contributed by atoms with E-state index in [-0.39, 0.29) is 5.91 Å². The quantitative estimate of drug-likeness (QED) is 0.567. The van der Waals surface area contributed by atoms with Gasteiger partial charge in [0.15, 0.2) is 0 Å². The van der Waals surface area contributed by atoms with Gasteiger partial charge < -0.3 is 10.6 Å². The molecule has 2 N–H and O–H groups in total. The fourth-order valence-corrected chi connectivity index (χ4v) is 3.37. The fourth-order valence-electron chi connectivity index (χ4n) is 3.37. The molecule has 0 aliphatic heterocycles. The van der Waals surface area contributed by atoms with E-state index >= 15 is 0 Å². The van der Waals surface area contributed by atoms with E-state index in [2.05, 4.69) is 65.2 Å². The molecule has 0 fully saturated rings. The number of hydrogen-bond acceptors (Lipinski definition) is 2. The number of rotatable bonds is 4. The van der Waals surface area contributed by atoms with Crippen molar-refractivity contribution in [1.29, 1.82) is 0 Å². The highest BCUT2D eigenvalue weighted by molar-refractivity contribution is 6.23. The molecule has 114 valence electrons. The maximum Gasteiger partial charge on any atom is 0.234 e. The van der Waals surface area contributed by atoms with Gasteiger partial charge in [-0.1, -0.05) is 54.6 Å². The summed E-state index contributed by atoms with van der Waals surface area (Å²) in [5.74, 6) is 0.0122. The predicted octanol–water partition coefficient (Wildman–Crippen LogP) is 3.42. The lowest BCUT2D eigenvalue weighted by atomic mass is 9.92. The molecule has 0 aromatic heterocycles. The van der Waals surface area contributed by atoms with Crippen molar-refractivity contribution >= 4 is 38.2 Å². The van der Waals surface area contributed by atoms with Crippen LogP contribution in [0.1, 0.15) is 5.56 Å². The normalized spacial score (nSPS) is 11.5. The Hall–Kier alpha value is -2.65. The van der Waals surface area contributed by atoms with Crippen LogP contribution in [0.4, 0.5) is 0 Å². The Morgan fingerprint density at radius 1 is 0.870 bits per heavy atom. The van der Waals surface area contributed by atoms with Crippen LogP contribution in [-0.2, 0) is 11.3 Å². The van der Waals surface area contributed by atoms with E-state index in [0.717, 1.165) is 5.56 Å². The first-order valence-electron chi connectivity index (χ1n) is 7.84. The Morgan fingerprint density at radius 2 is 1.52 bits per heavy atom. The van der Waals surface area contributed by atoms with Crippen LogP contribution in [0.2, 0.25) is 0 Å². The standard InChI is InChI=1S/C20H18N2O/c1-21-12-18(23)22-11-16-8-7-15-6-5-13-3-2-4-14-9-10-17(16)20(15)19(13)14/h2-10,21H,11-12H2,1H3,(H,22,23). The van der Waals surface area contributed by atoms with Gasteiger partial charge in [-0.3, -0.25) is 4.79 Å². The van der Waals surface area contributed by atoms with E-state index in [1.165, 1.54) is 32.3 Å². The molecular weight excluding hydrogens is 284 g/mol.